The fraction of sp³-hybridized carbons (Fsp3) is 0.727. The third-order valence-electron chi connectivity index (χ3n) is 3.33. The quantitative estimate of drug-likeness (QED) is 0.704. The molecule has 0 amide bonds. The lowest BCUT2D eigenvalue weighted by molar-refractivity contribution is -0.142. The summed E-state index contributed by atoms with van der Waals surface area (Å²) < 4.78 is 29.4. The van der Waals surface area contributed by atoms with Gasteiger partial charge in [0.15, 0.2) is 5.82 Å². The smallest absolute Gasteiger partial charge is 0.322 e. The van der Waals surface area contributed by atoms with E-state index in [1.165, 1.54) is 11.0 Å². The number of rotatable bonds is 6. The Morgan fingerprint density at radius 2 is 2.29 bits per heavy atom. The Balaban J connectivity index is 1.95. The summed E-state index contributed by atoms with van der Waals surface area (Å²) in [6, 6.07) is -0.982. The Morgan fingerprint density at radius 3 is 2.90 bits per heavy atom. The molecule has 1 aromatic rings. The maximum absolute atomic E-state index is 12.2. The molecule has 0 aliphatic carbocycles. The first kappa shape index (κ1) is 15.9. The highest BCUT2D eigenvalue weighted by molar-refractivity contribution is 7.87. The minimum atomic E-state index is -3.80. The topological polar surface area (TPSA) is 117 Å². The average molecular weight is 317 g/mol. The van der Waals surface area contributed by atoms with Crippen molar-refractivity contribution in [2.75, 3.05) is 13.1 Å². The Morgan fingerprint density at radius 1 is 1.52 bits per heavy atom. The van der Waals surface area contributed by atoms with Gasteiger partial charge in [-0.15, -0.1) is 0 Å². The van der Waals surface area contributed by atoms with Gasteiger partial charge in [-0.25, -0.2) is 9.71 Å². The van der Waals surface area contributed by atoms with Crippen LogP contribution < -0.4 is 4.72 Å². The fourth-order valence-electron chi connectivity index (χ4n) is 2.31. The number of hydrogen-bond acceptors (Lipinski definition) is 5. The molecule has 2 N–H and O–H groups in total. The maximum atomic E-state index is 12.2. The summed E-state index contributed by atoms with van der Waals surface area (Å²) in [7, 11) is -2.07. The van der Waals surface area contributed by atoms with E-state index in [1.54, 1.807) is 7.05 Å². The standard InChI is InChI=1S/C11H19N5O4S/c1-15-8-12-10(14-15)5-6-13-21(19,20)16-7-3-2-4-9(16)11(17)18/h8-9,13H,2-7H2,1H3,(H,17,18). The van der Waals surface area contributed by atoms with Crippen LogP contribution in [0.25, 0.3) is 0 Å². The molecular weight excluding hydrogens is 298 g/mol. The molecule has 1 aliphatic heterocycles. The number of piperidine rings is 1. The highest BCUT2D eigenvalue weighted by Gasteiger charge is 2.36. The molecule has 1 fully saturated rings. The van der Waals surface area contributed by atoms with Crippen molar-refractivity contribution in [3.63, 3.8) is 0 Å². The van der Waals surface area contributed by atoms with Crippen LogP contribution in [-0.4, -0.2) is 57.7 Å². The summed E-state index contributed by atoms with van der Waals surface area (Å²) in [6.45, 7) is 0.364. The van der Waals surface area contributed by atoms with Gasteiger partial charge >= 0.3 is 5.97 Å². The van der Waals surface area contributed by atoms with E-state index in [-0.39, 0.29) is 13.1 Å². The highest BCUT2D eigenvalue weighted by atomic mass is 32.2. The van der Waals surface area contributed by atoms with Gasteiger partial charge in [0.05, 0.1) is 0 Å². The molecule has 0 radical (unpaired) electrons. The lowest BCUT2D eigenvalue weighted by Crippen LogP contribution is -2.52. The van der Waals surface area contributed by atoms with E-state index in [1.807, 2.05) is 0 Å². The third kappa shape index (κ3) is 3.99. The predicted octanol–water partition coefficient (Wildman–Crippen LogP) is -0.869. The van der Waals surface area contributed by atoms with Crippen molar-refractivity contribution in [2.24, 2.45) is 7.05 Å². The second-order valence-corrected chi connectivity index (χ2v) is 6.65. The van der Waals surface area contributed by atoms with Gasteiger partial charge in [-0.2, -0.15) is 17.8 Å². The lowest BCUT2D eigenvalue weighted by Gasteiger charge is -2.31. The van der Waals surface area contributed by atoms with Crippen LogP contribution in [0.15, 0.2) is 6.33 Å². The van der Waals surface area contributed by atoms with Gasteiger partial charge in [-0.05, 0) is 19.3 Å². The largest absolute Gasteiger partial charge is 0.480 e. The first-order valence-corrected chi connectivity index (χ1v) is 8.18. The van der Waals surface area contributed by atoms with E-state index in [0.717, 1.165) is 10.7 Å². The van der Waals surface area contributed by atoms with E-state index < -0.39 is 22.2 Å². The van der Waals surface area contributed by atoms with Gasteiger partial charge in [0.2, 0.25) is 0 Å². The molecule has 0 aromatic carbocycles. The van der Waals surface area contributed by atoms with E-state index >= 15 is 0 Å². The van der Waals surface area contributed by atoms with Gasteiger partial charge in [-0.1, -0.05) is 0 Å². The SMILES string of the molecule is Cn1cnc(CCNS(=O)(=O)N2CCCCC2C(=O)O)n1. The number of carboxylic acids is 1. The summed E-state index contributed by atoms with van der Waals surface area (Å²) in [5.41, 5.74) is 0. The van der Waals surface area contributed by atoms with Gasteiger partial charge < -0.3 is 5.11 Å². The molecule has 10 heteroatoms. The van der Waals surface area contributed by atoms with Crippen molar-refractivity contribution in [1.82, 2.24) is 23.8 Å². The Hall–Kier alpha value is -1.52. The van der Waals surface area contributed by atoms with Crippen molar-refractivity contribution in [3.05, 3.63) is 12.2 Å². The number of nitrogens with one attached hydrogen (secondary N) is 1. The van der Waals surface area contributed by atoms with Crippen LogP contribution in [-0.2, 0) is 28.5 Å². The average Bonchev–Trinajstić information content (AvgIpc) is 2.84. The molecule has 0 saturated carbocycles. The number of aromatic nitrogens is 3. The monoisotopic (exact) mass is 317 g/mol. The number of aliphatic carboxylic acids is 1. The molecule has 9 nitrogen and oxygen atoms in total. The van der Waals surface area contributed by atoms with Crippen LogP contribution in [0.2, 0.25) is 0 Å². The fourth-order valence-corrected chi connectivity index (χ4v) is 3.74. The molecule has 2 rings (SSSR count). The zero-order valence-electron chi connectivity index (χ0n) is 11.8. The molecular formula is C11H19N5O4S. The summed E-state index contributed by atoms with van der Waals surface area (Å²) in [5.74, 6) is -0.569. The molecule has 0 spiro atoms. The maximum Gasteiger partial charge on any atom is 0.322 e. The van der Waals surface area contributed by atoms with Crippen LogP contribution in [0, 0.1) is 0 Å². The Kier molecular flexibility index (Phi) is 4.91. The summed E-state index contributed by atoms with van der Waals surface area (Å²) in [4.78, 5) is 15.2. The number of nitrogens with zero attached hydrogens (tertiary/aromatic N) is 4. The van der Waals surface area contributed by atoms with Crippen LogP contribution in [0.5, 0.6) is 0 Å². The molecule has 1 aromatic heterocycles. The van der Waals surface area contributed by atoms with Gasteiger partial charge in [0, 0.05) is 26.6 Å². The van der Waals surface area contributed by atoms with Crippen LogP contribution in [0.1, 0.15) is 25.1 Å². The van der Waals surface area contributed by atoms with E-state index in [2.05, 4.69) is 14.8 Å². The molecule has 1 saturated heterocycles. The molecule has 21 heavy (non-hydrogen) atoms. The van der Waals surface area contributed by atoms with Gasteiger partial charge in [0.25, 0.3) is 10.2 Å². The zero-order chi connectivity index (χ0) is 15.5. The third-order valence-corrected chi connectivity index (χ3v) is 4.95. The van der Waals surface area contributed by atoms with Gasteiger partial charge in [0.1, 0.15) is 12.4 Å². The summed E-state index contributed by atoms with van der Waals surface area (Å²) in [5, 5.41) is 13.2. The second-order valence-electron chi connectivity index (χ2n) is 4.94. The van der Waals surface area contributed by atoms with Crippen LogP contribution in [0.3, 0.4) is 0 Å². The van der Waals surface area contributed by atoms with Crippen molar-refractivity contribution in [1.29, 1.82) is 0 Å². The lowest BCUT2D eigenvalue weighted by atomic mass is 10.1. The van der Waals surface area contributed by atoms with Crippen LogP contribution >= 0.6 is 0 Å². The minimum Gasteiger partial charge on any atom is -0.480 e. The first-order valence-electron chi connectivity index (χ1n) is 6.74. The van der Waals surface area contributed by atoms with E-state index in [9.17, 15) is 13.2 Å². The van der Waals surface area contributed by atoms with Crippen molar-refractivity contribution < 1.29 is 18.3 Å². The van der Waals surface area contributed by atoms with Crippen molar-refractivity contribution in [2.45, 2.75) is 31.7 Å². The molecule has 1 unspecified atom stereocenters. The van der Waals surface area contributed by atoms with Crippen LogP contribution in [0.4, 0.5) is 0 Å². The zero-order valence-corrected chi connectivity index (χ0v) is 12.6. The van der Waals surface area contributed by atoms with E-state index in [4.69, 9.17) is 5.11 Å². The van der Waals surface area contributed by atoms with Crippen molar-refractivity contribution >= 4 is 16.2 Å². The number of hydrogen-bond donors (Lipinski definition) is 2. The first-order chi connectivity index (χ1) is 9.90. The predicted molar refractivity (Wildman–Crippen MR) is 73.6 cm³/mol. The Bertz CT molecular complexity index is 600. The minimum absolute atomic E-state index is 0.134. The second kappa shape index (κ2) is 6.50. The number of carbonyl (C=O) groups is 1. The number of aryl methyl sites for hydroxylation is 1. The van der Waals surface area contributed by atoms with Gasteiger partial charge in [-0.3, -0.25) is 9.48 Å². The summed E-state index contributed by atoms with van der Waals surface area (Å²) in [6.07, 6.45) is 3.63. The molecule has 2 heterocycles. The molecule has 0 bridgehead atoms. The molecule has 1 atom stereocenters. The molecule has 118 valence electrons. The number of carboxylic acid groups (broad SMARTS) is 1. The normalized spacial score (nSPS) is 20.5. The molecule has 1 aliphatic rings. The summed E-state index contributed by atoms with van der Waals surface area (Å²) >= 11 is 0. The highest BCUT2D eigenvalue weighted by Crippen LogP contribution is 2.19. The van der Waals surface area contributed by atoms with Crippen molar-refractivity contribution in [3.8, 4) is 0 Å². The Labute approximate surface area is 123 Å². The van der Waals surface area contributed by atoms with E-state index in [0.29, 0.717) is 25.1 Å².